The molecule has 1 saturated heterocycles. The second-order valence-corrected chi connectivity index (χ2v) is 12.0. The fourth-order valence-electron chi connectivity index (χ4n) is 4.50. The molecular weight excluding hydrogens is 515 g/mol. The first-order valence-corrected chi connectivity index (χ1v) is 13.7. The highest BCUT2D eigenvalue weighted by atomic mass is 35.5. The average Bonchev–Trinajstić information content (AvgIpc) is 3.22. The molecule has 1 N–H and O–H groups in total. The molecule has 0 aliphatic carbocycles. The van der Waals surface area contributed by atoms with Crippen LogP contribution in [0.3, 0.4) is 0 Å². The van der Waals surface area contributed by atoms with Crippen molar-refractivity contribution in [2.24, 2.45) is 5.92 Å². The third-order valence-corrected chi connectivity index (χ3v) is 8.31. The van der Waals surface area contributed by atoms with Crippen LogP contribution in [0, 0.1) is 5.92 Å². The molecule has 1 amide bonds. The molecule has 1 fully saturated rings. The van der Waals surface area contributed by atoms with Gasteiger partial charge in [-0.3, -0.25) is 9.69 Å². The van der Waals surface area contributed by atoms with Gasteiger partial charge < -0.3 is 10.2 Å². The van der Waals surface area contributed by atoms with Crippen molar-refractivity contribution in [2.75, 3.05) is 39.5 Å². The molecule has 0 aromatic heterocycles. The first-order chi connectivity index (χ1) is 16.8. The Bertz CT molecular complexity index is 1200. The zero-order valence-electron chi connectivity index (χ0n) is 20.5. The second kappa shape index (κ2) is 11.5. The van der Waals surface area contributed by atoms with E-state index in [2.05, 4.69) is 10.2 Å². The molecule has 3 rings (SSSR count). The molecule has 0 unspecified atom stereocenters. The zero-order chi connectivity index (χ0) is 26.7. The molecule has 6 nitrogen and oxygen atoms in total. The molecular formula is C25H31ClF3N3O3S. The summed E-state index contributed by atoms with van der Waals surface area (Å²) in [6, 6.07) is 7.81. The Morgan fingerprint density at radius 3 is 2.53 bits per heavy atom. The van der Waals surface area contributed by atoms with E-state index in [1.807, 2.05) is 19.0 Å². The van der Waals surface area contributed by atoms with Crippen LogP contribution >= 0.6 is 11.6 Å². The van der Waals surface area contributed by atoms with Crippen molar-refractivity contribution in [3.63, 3.8) is 0 Å². The van der Waals surface area contributed by atoms with Crippen LogP contribution < -0.4 is 5.32 Å². The lowest BCUT2D eigenvalue weighted by atomic mass is 10.0. The number of benzene rings is 2. The summed E-state index contributed by atoms with van der Waals surface area (Å²) in [6.07, 6.45) is -3.69. The highest BCUT2D eigenvalue weighted by molar-refractivity contribution is 7.91. The molecule has 198 valence electrons. The second-order valence-electron chi connectivity index (χ2n) is 9.36. The summed E-state index contributed by atoms with van der Waals surface area (Å²) >= 11 is 6.00. The molecule has 0 saturated carbocycles. The van der Waals surface area contributed by atoms with Gasteiger partial charge in [0, 0.05) is 36.8 Å². The van der Waals surface area contributed by atoms with E-state index in [4.69, 9.17) is 11.6 Å². The van der Waals surface area contributed by atoms with E-state index < -0.39 is 27.5 Å². The summed E-state index contributed by atoms with van der Waals surface area (Å²) in [5.41, 5.74) is -0.606. The minimum atomic E-state index is -4.62. The number of carbonyl (C=O) groups excluding carboxylic acids is 1. The molecule has 0 bridgehead atoms. The van der Waals surface area contributed by atoms with Crippen LogP contribution in [0.4, 0.5) is 13.2 Å². The molecule has 1 heterocycles. The molecule has 0 radical (unpaired) electrons. The van der Waals surface area contributed by atoms with Gasteiger partial charge in [0.15, 0.2) is 9.84 Å². The average molecular weight is 546 g/mol. The Labute approximate surface area is 215 Å². The van der Waals surface area contributed by atoms with Crippen LogP contribution in [0.1, 0.15) is 40.4 Å². The van der Waals surface area contributed by atoms with Crippen LogP contribution in [-0.2, 0) is 29.1 Å². The molecule has 0 spiro atoms. The number of carbonyl (C=O) groups is 1. The maximum Gasteiger partial charge on any atom is 0.416 e. The van der Waals surface area contributed by atoms with Gasteiger partial charge in [0.2, 0.25) is 0 Å². The van der Waals surface area contributed by atoms with Crippen molar-refractivity contribution >= 4 is 27.3 Å². The molecule has 2 aromatic carbocycles. The van der Waals surface area contributed by atoms with Gasteiger partial charge in [-0.15, -0.1) is 0 Å². The summed E-state index contributed by atoms with van der Waals surface area (Å²) in [5, 5.41) is 2.81. The number of halogens is 4. The summed E-state index contributed by atoms with van der Waals surface area (Å²) < 4.78 is 66.4. The normalized spacial score (nSPS) is 17.1. The van der Waals surface area contributed by atoms with E-state index >= 15 is 0 Å². The predicted octanol–water partition coefficient (Wildman–Crippen LogP) is 4.47. The Morgan fingerprint density at radius 2 is 1.89 bits per heavy atom. The van der Waals surface area contributed by atoms with E-state index in [-0.39, 0.29) is 45.5 Å². The first-order valence-electron chi connectivity index (χ1n) is 11.7. The fraction of sp³-hybridized carbons (Fsp3) is 0.480. The summed E-state index contributed by atoms with van der Waals surface area (Å²) in [5.74, 6) is -0.467. The number of hydrogen-bond acceptors (Lipinski definition) is 5. The van der Waals surface area contributed by atoms with Crippen molar-refractivity contribution in [3.8, 4) is 0 Å². The van der Waals surface area contributed by atoms with Gasteiger partial charge in [0.25, 0.3) is 5.91 Å². The molecule has 36 heavy (non-hydrogen) atoms. The molecule has 2 aromatic rings. The Morgan fingerprint density at radius 1 is 1.17 bits per heavy atom. The number of sulfone groups is 1. The van der Waals surface area contributed by atoms with Crippen LogP contribution in [0.5, 0.6) is 0 Å². The smallest absolute Gasteiger partial charge is 0.348 e. The van der Waals surface area contributed by atoms with Crippen LogP contribution in [0.15, 0.2) is 41.3 Å². The fourth-order valence-corrected chi connectivity index (χ4v) is 5.82. The summed E-state index contributed by atoms with van der Waals surface area (Å²) in [4.78, 5) is 16.8. The lowest BCUT2D eigenvalue weighted by Gasteiger charge is -2.21. The maximum atomic E-state index is 13.9. The van der Waals surface area contributed by atoms with Gasteiger partial charge >= 0.3 is 6.18 Å². The molecule has 1 aliphatic heterocycles. The Kier molecular flexibility index (Phi) is 9.08. The highest BCUT2D eigenvalue weighted by Crippen LogP contribution is 2.34. The number of alkyl halides is 3. The monoisotopic (exact) mass is 545 g/mol. The quantitative estimate of drug-likeness (QED) is 0.504. The standard InChI is InChI=1S/C25H31ClF3N3O3S/c1-4-36(34,35)23-8-7-21(26)11-20(23)13-30-24(33)18-5-6-19(22(12-18)25(27,28)29)16-32-10-9-17(15-32)14-31(2)3/h5-8,11-12,17H,4,9-10,13-16H2,1-3H3,(H,30,33)/t17-/m0/s1. The topological polar surface area (TPSA) is 69.7 Å². The van der Waals surface area contributed by atoms with E-state index in [1.54, 1.807) is 0 Å². The lowest BCUT2D eigenvalue weighted by molar-refractivity contribution is -0.138. The van der Waals surface area contributed by atoms with E-state index in [0.717, 1.165) is 32.1 Å². The van der Waals surface area contributed by atoms with Gasteiger partial charge in [-0.2, -0.15) is 13.2 Å². The predicted molar refractivity (Wildman–Crippen MR) is 134 cm³/mol. The third kappa shape index (κ3) is 7.21. The lowest BCUT2D eigenvalue weighted by Crippen LogP contribution is -2.27. The highest BCUT2D eigenvalue weighted by Gasteiger charge is 2.35. The van der Waals surface area contributed by atoms with Crippen molar-refractivity contribution in [1.82, 2.24) is 15.1 Å². The number of amides is 1. The SMILES string of the molecule is CCS(=O)(=O)c1ccc(Cl)cc1CNC(=O)c1ccc(CN2CC[C@@H](CN(C)C)C2)c(C(F)(F)F)c1. The van der Waals surface area contributed by atoms with Gasteiger partial charge in [0.1, 0.15) is 0 Å². The Balaban J connectivity index is 1.77. The van der Waals surface area contributed by atoms with Crippen LogP contribution in [-0.4, -0.2) is 63.6 Å². The van der Waals surface area contributed by atoms with Crippen molar-refractivity contribution in [2.45, 2.75) is 37.5 Å². The summed E-state index contributed by atoms with van der Waals surface area (Å²) in [6.45, 7) is 3.78. The minimum Gasteiger partial charge on any atom is -0.348 e. The number of hydrogen-bond donors (Lipinski definition) is 1. The number of rotatable bonds is 9. The van der Waals surface area contributed by atoms with Crippen molar-refractivity contribution in [1.29, 1.82) is 0 Å². The minimum absolute atomic E-state index is 0.0270. The third-order valence-electron chi connectivity index (χ3n) is 6.24. The zero-order valence-corrected chi connectivity index (χ0v) is 22.1. The van der Waals surface area contributed by atoms with Crippen LogP contribution in [0.2, 0.25) is 5.02 Å². The number of likely N-dealkylation sites (tertiary alicyclic amines) is 1. The van der Waals surface area contributed by atoms with Crippen molar-refractivity contribution < 1.29 is 26.4 Å². The van der Waals surface area contributed by atoms with Gasteiger partial charge in [-0.05, 0) is 74.4 Å². The van der Waals surface area contributed by atoms with E-state index in [0.29, 0.717) is 5.92 Å². The first kappa shape index (κ1) is 28.4. The maximum absolute atomic E-state index is 13.9. The molecule has 1 aliphatic rings. The number of nitrogens with one attached hydrogen (secondary N) is 1. The van der Waals surface area contributed by atoms with Gasteiger partial charge in [-0.25, -0.2) is 8.42 Å². The van der Waals surface area contributed by atoms with Gasteiger partial charge in [0.05, 0.1) is 16.2 Å². The number of nitrogens with zero attached hydrogens (tertiary/aromatic N) is 2. The summed E-state index contributed by atoms with van der Waals surface area (Å²) in [7, 11) is 0.374. The van der Waals surface area contributed by atoms with Crippen LogP contribution in [0.25, 0.3) is 0 Å². The molecule has 1 atom stereocenters. The van der Waals surface area contributed by atoms with E-state index in [9.17, 15) is 26.4 Å². The largest absolute Gasteiger partial charge is 0.416 e. The van der Waals surface area contributed by atoms with Gasteiger partial charge in [-0.1, -0.05) is 24.6 Å². The molecule has 11 heteroatoms. The Hall–Kier alpha value is -2.14. The van der Waals surface area contributed by atoms with E-state index in [1.165, 1.54) is 37.3 Å². The van der Waals surface area contributed by atoms with Crippen molar-refractivity contribution in [3.05, 3.63) is 63.7 Å².